The number of ether oxygens (including phenoxy) is 1. The molecule has 1 unspecified atom stereocenters. The van der Waals surface area contributed by atoms with Crippen molar-refractivity contribution >= 4 is 11.9 Å². The van der Waals surface area contributed by atoms with E-state index in [2.05, 4.69) is 0 Å². The van der Waals surface area contributed by atoms with Gasteiger partial charge in [-0.3, -0.25) is 4.79 Å². The lowest BCUT2D eigenvalue weighted by Crippen LogP contribution is -2.52. The maximum Gasteiger partial charge on any atom is 0.329 e. The molecule has 0 aliphatic carbocycles. The van der Waals surface area contributed by atoms with Crippen molar-refractivity contribution in [1.82, 2.24) is 4.90 Å². The molecule has 1 N–H and O–H groups in total. The molecule has 1 aromatic rings. The van der Waals surface area contributed by atoms with Gasteiger partial charge in [-0.2, -0.15) is 0 Å². The summed E-state index contributed by atoms with van der Waals surface area (Å²) >= 11 is 0. The normalized spacial score (nSPS) is 21.4. The molecular weight excluding hydrogens is 270 g/mol. The minimum atomic E-state index is -1.07. The molecule has 5 heteroatoms. The molecule has 114 valence electrons. The number of hydrogen-bond donors (Lipinski definition) is 1. The van der Waals surface area contributed by atoms with Crippen molar-refractivity contribution in [1.29, 1.82) is 0 Å². The Kier molecular flexibility index (Phi) is 4.21. The quantitative estimate of drug-likeness (QED) is 0.925. The van der Waals surface area contributed by atoms with Crippen LogP contribution in [0.4, 0.5) is 0 Å². The van der Waals surface area contributed by atoms with Gasteiger partial charge in [0.2, 0.25) is 0 Å². The molecule has 0 bridgehead atoms. The maximum atomic E-state index is 12.7. The number of carbonyl (C=O) groups excluding carboxylic acids is 1. The van der Waals surface area contributed by atoms with Gasteiger partial charge in [0.15, 0.2) is 0 Å². The number of carboxylic acid groups (broad SMARTS) is 1. The number of likely N-dealkylation sites (tertiary alicyclic amines) is 1. The topological polar surface area (TPSA) is 66.8 Å². The van der Waals surface area contributed by atoms with Crippen LogP contribution in [-0.4, -0.2) is 41.1 Å². The van der Waals surface area contributed by atoms with E-state index in [0.717, 1.165) is 12.0 Å². The predicted octanol–water partition coefficient (Wildman–Crippen LogP) is 2.47. The van der Waals surface area contributed by atoms with Gasteiger partial charge in [-0.05, 0) is 43.9 Å². The van der Waals surface area contributed by atoms with Gasteiger partial charge >= 0.3 is 5.97 Å². The molecule has 1 saturated heterocycles. The fourth-order valence-electron chi connectivity index (χ4n) is 3.02. The molecule has 1 fully saturated rings. The minimum absolute atomic E-state index is 0.241. The highest BCUT2D eigenvalue weighted by Crippen LogP contribution is 2.34. The minimum Gasteiger partial charge on any atom is -0.496 e. The number of benzene rings is 1. The standard InChI is InChI=1S/C16H21NO4/c1-4-16(15(19)20)8-5-9-17(16)14(18)12-7-6-11(2)13(10-12)21-3/h6-7,10H,4-5,8-9H2,1-3H3,(H,19,20). The van der Waals surface area contributed by atoms with Gasteiger partial charge in [-0.25, -0.2) is 4.79 Å². The fourth-order valence-corrected chi connectivity index (χ4v) is 3.02. The van der Waals surface area contributed by atoms with Gasteiger partial charge in [0, 0.05) is 12.1 Å². The first-order valence-corrected chi connectivity index (χ1v) is 7.16. The van der Waals surface area contributed by atoms with E-state index in [-0.39, 0.29) is 5.91 Å². The zero-order valence-electron chi connectivity index (χ0n) is 12.7. The number of nitrogens with zero attached hydrogens (tertiary/aromatic N) is 1. The highest BCUT2D eigenvalue weighted by molar-refractivity contribution is 5.98. The van der Waals surface area contributed by atoms with Crippen LogP contribution in [-0.2, 0) is 4.79 Å². The summed E-state index contributed by atoms with van der Waals surface area (Å²) < 4.78 is 5.24. The molecule has 0 aromatic heterocycles. The molecule has 5 nitrogen and oxygen atoms in total. The highest BCUT2D eigenvalue weighted by Gasteiger charge is 2.48. The van der Waals surface area contributed by atoms with Crippen LogP contribution in [0.2, 0.25) is 0 Å². The van der Waals surface area contributed by atoms with Crippen LogP contribution in [0.15, 0.2) is 18.2 Å². The Hall–Kier alpha value is -2.04. The summed E-state index contributed by atoms with van der Waals surface area (Å²) in [5, 5.41) is 9.56. The molecule has 1 heterocycles. The summed E-state index contributed by atoms with van der Waals surface area (Å²) in [6.07, 6.45) is 1.64. The van der Waals surface area contributed by atoms with E-state index < -0.39 is 11.5 Å². The average Bonchev–Trinajstić information content (AvgIpc) is 2.92. The van der Waals surface area contributed by atoms with Crippen molar-refractivity contribution in [2.45, 2.75) is 38.6 Å². The summed E-state index contributed by atoms with van der Waals surface area (Å²) in [6.45, 7) is 4.20. The molecule has 1 amide bonds. The third-order valence-electron chi connectivity index (χ3n) is 4.37. The molecule has 1 aromatic carbocycles. The SMILES string of the molecule is CCC1(C(=O)O)CCCN1C(=O)c1ccc(C)c(OC)c1. The van der Waals surface area contributed by atoms with Crippen LogP contribution in [0.1, 0.15) is 42.1 Å². The zero-order chi connectivity index (χ0) is 15.6. The number of carbonyl (C=O) groups is 2. The number of carboxylic acids is 1. The Morgan fingerprint density at radius 3 is 2.71 bits per heavy atom. The van der Waals surface area contributed by atoms with Gasteiger partial charge < -0.3 is 14.7 Å². The molecule has 1 aliphatic rings. The van der Waals surface area contributed by atoms with Gasteiger partial charge in [0.25, 0.3) is 5.91 Å². The Balaban J connectivity index is 2.37. The Labute approximate surface area is 124 Å². The molecule has 2 rings (SSSR count). The second kappa shape index (κ2) is 5.76. The smallest absolute Gasteiger partial charge is 0.329 e. The first-order valence-electron chi connectivity index (χ1n) is 7.16. The lowest BCUT2D eigenvalue weighted by atomic mass is 9.92. The first kappa shape index (κ1) is 15.4. The van der Waals surface area contributed by atoms with E-state index >= 15 is 0 Å². The summed E-state index contributed by atoms with van der Waals surface area (Å²) in [6, 6.07) is 5.22. The molecular formula is C16H21NO4. The second-order valence-corrected chi connectivity index (χ2v) is 5.44. The number of hydrogen-bond acceptors (Lipinski definition) is 3. The Morgan fingerprint density at radius 1 is 1.43 bits per heavy atom. The number of aliphatic carboxylic acids is 1. The third-order valence-corrected chi connectivity index (χ3v) is 4.37. The third kappa shape index (κ3) is 2.48. The maximum absolute atomic E-state index is 12.7. The van der Waals surface area contributed by atoms with Crippen molar-refractivity contribution < 1.29 is 19.4 Å². The second-order valence-electron chi connectivity index (χ2n) is 5.44. The van der Waals surface area contributed by atoms with E-state index in [1.165, 1.54) is 4.90 Å². The molecule has 0 spiro atoms. The summed E-state index contributed by atoms with van der Waals surface area (Å²) in [4.78, 5) is 25.9. The van der Waals surface area contributed by atoms with E-state index in [0.29, 0.717) is 30.7 Å². The monoisotopic (exact) mass is 291 g/mol. The molecule has 0 radical (unpaired) electrons. The Bertz CT molecular complexity index is 569. The molecule has 0 saturated carbocycles. The molecule has 1 atom stereocenters. The molecule has 1 aliphatic heterocycles. The van der Waals surface area contributed by atoms with Crippen LogP contribution in [0.25, 0.3) is 0 Å². The van der Waals surface area contributed by atoms with E-state index in [4.69, 9.17) is 4.74 Å². The van der Waals surface area contributed by atoms with E-state index in [9.17, 15) is 14.7 Å². The Morgan fingerprint density at radius 2 is 2.14 bits per heavy atom. The lowest BCUT2D eigenvalue weighted by molar-refractivity contribution is -0.148. The van der Waals surface area contributed by atoms with Crippen LogP contribution in [0.5, 0.6) is 5.75 Å². The number of methoxy groups -OCH3 is 1. The first-order chi connectivity index (χ1) is 9.96. The highest BCUT2D eigenvalue weighted by atomic mass is 16.5. The van der Waals surface area contributed by atoms with Crippen LogP contribution >= 0.6 is 0 Å². The van der Waals surface area contributed by atoms with E-state index in [1.54, 1.807) is 19.2 Å². The van der Waals surface area contributed by atoms with Crippen LogP contribution in [0, 0.1) is 6.92 Å². The zero-order valence-corrected chi connectivity index (χ0v) is 12.7. The number of rotatable bonds is 4. The van der Waals surface area contributed by atoms with E-state index in [1.807, 2.05) is 19.9 Å². The summed E-state index contributed by atoms with van der Waals surface area (Å²) in [7, 11) is 1.56. The van der Waals surface area contributed by atoms with Crippen molar-refractivity contribution in [2.75, 3.05) is 13.7 Å². The van der Waals surface area contributed by atoms with Crippen molar-refractivity contribution in [3.8, 4) is 5.75 Å². The number of amides is 1. The number of aryl methyl sites for hydroxylation is 1. The largest absolute Gasteiger partial charge is 0.496 e. The summed E-state index contributed by atoms with van der Waals surface area (Å²) in [5.74, 6) is -0.526. The lowest BCUT2D eigenvalue weighted by Gasteiger charge is -2.34. The average molecular weight is 291 g/mol. The van der Waals surface area contributed by atoms with Crippen LogP contribution < -0.4 is 4.74 Å². The van der Waals surface area contributed by atoms with Gasteiger partial charge in [0.1, 0.15) is 11.3 Å². The fraction of sp³-hybridized carbons (Fsp3) is 0.500. The van der Waals surface area contributed by atoms with Gasteiger partial charge in [-0.1, -0.05) is 13.0 Å². The van der Waals surface area contributed by atoms with Crippen molar-refractivity contribution in [3.05, 3.63) is 29.3 Å². The predicted molar refractivity (Wildman–Crippen MR) is 78.7 cm³/mol. The van der Waals surface area contributed by atoms with Crippen LogP contribution in [0.3, 0.4) is 0 Å². The molecule has 21 heavy (non-hydrogen) atoms. The summed E-state index contributed by atoms with van der Waals surface area (Å²) in [5.41, 5.74) is 0.337. The van der Waals surface area contributed by atoms with Gasteiger partial charge in [-0.15, -0.1) is 0 Å². The van der Waals surface area contributed by atoms with Crippen molar-refractivity contribution in [3.63, 3.8) is 0 Å². The van der Waals surface area contributed by atoms with Gasteiger partial charge in [0.05, 0.1) is 7.11 Å². The van der Waals surface area contributed by atoms with Crippen molar-refractivity contribution in [2.24, 2.45) is 0 Å².